The van der Waals surface area contributed by atoms with E-state index >= 15 is 0 Å². The van der Waals surface area contributed by atoms with Crippen molar-refractivity contribution < 1.29 is 9.59 Å². The fourth-order valence-corrected chi connectivity index (χ4v) is 0.161. The highest BCUT2D eigenvalue weighted by molar-refractivity contribution is 6.35. The number of hydrogen-bond acceptors (Lipinski definition) is 2. The summed E-state index contributed by atoms with van der Waals surface area (Å²) < 4.78 is 0. The Balaban J connectivity index is 3.58. The Morgan fingerprint density at radius 1 is 1.57 bits per heavy atom. The molecule has 1 N–H and O–H groups in total. The van der Waals surface area contributed by atoms with Crippen LogP contribution in [0.5, 0.6) is 0 Å². The molecule has 0 atom stereocenters. The van der Waals surface area contributed by atoms with Crippen LogP contribution in [0.2, 0.25) is 0 Å². The van der Waals surface area contributed by atoms with Crippen molar-refractivity contribution >= 4 is 11.7 Å². The molecule has 1 amide bonds. The Hall–Kier alpha value is -0.860. The lowest BCUT2D eigenvalue weighted by molar-refractivity contribution is -0.136. The molecule has 7 heavy (non-hydrogen) atoms. The van der Waals surface area contributed by atoms with Gasteiger partial charge in [0.15, 0.2) is 0 Å². The van der Waals surface area contributed by atoms with Crippen LogP contribution in [0.15, 0.2) is 0 Å². The van der Waals surface area contributed by atoms with Crippen molar-refractivity contribution in [3.8, 4) is 0 Å². The minimum absolute atomic E-state index is 0.141. The number of carbonyl (C=O) groups is 2. The van der Waals surface area contributed by atoms with E-state index in [0.29, 0.717) is 0 Å². The number of rotatable bonds is 2. The highest BCUT2D eigenvalue weighted by Gasteiger charge is 2.03. The zero-order valence-corrected chi connectivity index (χ0v) is 4.02. The van der Waals surface area contributed by atoms with E-state index in [1.54, 1.807) is 6.92 Å². The summed E-state index contributed by atoms with van der Waals surface area (Å²) in [5.74, 6) is -1.72. The molecule has 3 heteroatoms. The molecule has 0 bridgehead atoms. The standard InChI is InChI=1S/C4H6NO2/c1-2-3(6)4(5)7/h5H,2H2,1H3. The third kappa shape index (κ3) is 1.92. The van der Waals surface area contributed by atoms with E-state index in [9.17, 15) is 9.59 Å². The SMILES string of the molecule is CCC(=O)C([NH])=O. The van der Waals surface area contributed by atoms with Crippen molar-refractivity contribution in [3.05, 3.63) is 0 Å². The fourth-order valence-electron chi connectivity index (χ4n) is 0.161. The largest absolute Gasteiger partial charge is 0.305 e. The third-order valence-corrected chi connectivity index (χ3v) is 0.574. The summed E-state index contributed by atoms with van der Waals surface area (Å²) >= 11 is 0. The van der Waals surface area contributed by atoms with Gasteiger partial charge in [0.05, 0.1) is 0 Å². The van der Waals surface area contributed by atoms with E-state index in [4.69, 9.17) is 5.73 Å². The molecule has 0 unspecified atom stereocenters. The maximum atomic E-state index is 9.97. The first-order chi connectivity index (χ1) is 3.18. The van der Waals surface area contributed by atoms with Crippen molar-refractivity contribution in [2.75, 3.05) is 0 Å². The minimum atomic E-state index is -1.09. The average Bonchev–Trinajstić information content (AvgIpc) is 1.65. The molecular weight excluding hydrogens is 94.0 g/mol. The number of Topliss-reactive ketones (excluding diaryl/α,β-unsaturated/α-hetero) is 1. The normalized spacial score (nSPS) is 8.14. The van der Waals surface area contributed by atoms with E-state index < -0.39 is 11.7 Å². The lowest BCUT2D eigenvalue weighted by Crippen LogP contribution is -2.11. The van der Waals surface area contributed by atoms with Crippen LogP contribution in [0.4, 0.5) is 0 Å². The van der Waals surface area contributed by atoms with Gasteiger partial charge in [-0.3, -0.25) is 15.3 Å². The van der Waals surface area contributed by atoms with Crippen LogP contribution in [-0.4, -0.2) is 11.7 Å². The first-order valence-corrected chi connectivity index (χ1v) is 1.97. The van der Waals surface area contributed by atoms with Crippen molar-refractivity contribution in [2.24, 2.45) is 0 Å². The van der Waals surface area contributed by atoms with E-state index in [0.717, 1.165) is 0 Å². The van der Waals surface area contributed by atoms with Gasteiger partial charge in [-0.15, -0.1) is 0 Å². The maximum absolute atomic E-state index is 9.97. The first-order valence-electron chi connectivity index (χ1n) is 1.97. The summed E-state index contributed by atoms with van der Waals surface area (Å²) in [7, 11) is 0. The Morgan fingerprint density at radius 3 is 2.00 bits per heavy atom. The average molecular weight is 100 g/mol. The van der Waals surface area contributed by atoms with Gasteiger partial charge in [-0.1, -0.05) is 6.92 Å². The number of carbonyl (C=O) groups excluding carboxylic acids is 2. The molecule has 0 saturated heterocycles. The van der Waals surface area contributed by atoms with Gasteiger partial charge in [0.1, 0.15) is 0 Å². The lowest BCUT2D eigenvalue weighted by atomic mass is 10.3. The highest BCUT2D eigenvalue weighted by Crippen LogP contribution is 1.76. The number of ketones is 1. The van der Waals surface area contributed by atoms with Gasteiger partial charge in [-0.2, -0.15) is 0 Å². The highest BCUT2D eigenvalue weighted by atomic mass is 16.2. The number of hydrogen-bond donors (Lipinski definition) is 0. The van der Waals surface area contributed by atoms with Crippen LogP contribution in [0.25, 0.3) is 0 Å². The zero-order chi connectivity index (χ0) is 5.86. The minimum Gasteiger partial charge on any atom is -0.289 e. The molecule has 0 spiro atoms. The monoisotopic (exact) mass is 100 g/mol. The lowest BCUT2D eigenvalue weighted by Gasteiger charge is -1.80. The van der Waals surface area contributed by atoms with E-state index in [1.807, 2.05) is 0 Å². The zero-order valence-electron chi connectivity index (χ0n) is 4.02. The van der Waals surface area contributed by atoms with Crippen LogP contribution in [-0.2, 0) is 9.59 Å². The Bertz CT molecular complexity index is 97.9. The van der Waals surface area contributed by atoms with Crippen molar-refractivity contribution in [3.63, 3.8) is 0 Å². The Kier molecular flexibility index (Phi) is 2.05. The molecule has 0 rings (SSSR count). The van der Waals surface area contributed by atoms with Crippen LogP contribution < -0.4 is 5.73 Å². The quantitative estimate of drug-likeness (QED) is 0.450. The van der Waals surface area contributed by atoms with Gasteiger partial charge in [-0.25, -0.2) is 0 Å². The Morgan fingerprint density at radius 2 is 2.00 bits per heavy atom. The Labute approximate surface area is 41.5 Å². The molecule has 39 valence electrons. The second-order valence-corrected chi connectivity index (χ2v) is 1.11. The van der Waals surface area contributed by atoms with Crippen LogP contribution in [0.1, 0.15) is 13.3 Å². The maximum Gasteiger partial charge on any atom is 0.305 e. The van der Waals surface area contributed by atoms with Crippen molar-refractivity contribution in [1.82, 2.24) is 5.73 Å². The molecule has 0 aliphatic heterocycles. The second-order valence-electron chi connectivity index (χ2n) is 1.11. The second kappa shape index (κ2) is 2.34. The van der Waals surface area contributed by atoms with Crippen molar-refractivity contribution in [2.45, 2.75) is 13.3 Å². The van der Waals surface area contributed by atoms with Gasteiger partial charge in [-0.05, 0) is 0 Å². The topological polar surface area (TPSA) is 57.9 Å². The fraction of sp³-hybridized carbons (Fsp3) is 0.500. The number of nitrogens with one attached hydrogen (secondary N) is 1. The molecule has 0 aliphatic rings. The number of amides is 1. The molecule has 0 aromatic rings. The summed E-state index contributed by atoms with van der Waals surface area (Å²) in [6, 6.07) is 0. The van der Waals surface area contributed by atoms with Gasteiger partial charge in [0, 0.05) is 6.42 Å². The van der Waals surface area contributed by atoms with Gasteiger partial charge in [0.2, 0.25) is 5.78 Å². The van der Waals surface area contributed by atoms with Gasteiger partial charge in [0.25, 0.3) is 0 Å². The van der Waals surface area contributed by atoms with E-state index in [2.05, 4.69) is 0 Å². The third-order valence-electron chi connectivity index (χ3n) is 0.574. The predicted molar refractivity (Wildman–Crippen MR) is 23.4 cm³/mol. The van der Waals surface area contributed by atoms with Crippen LogP contribution in [0, 0.1) is 0 Å². The predicted octanol–water partition coefficient (Wildman–Crippen LogP) is -0.225. The van der Waals surface area contributed by atoms with Crippen molar-refractivity contribution in [1.29, 1.82) is 0 Å². The molecule has 0 aromatic heterocycles. The van der Waals surface area contributed by atoms with E-state index in [-0.39, 0.29) is 6.42 Å². The summed E-state index contributed by atoms with van der Waals surface area (Å²) in [5, 5.41) is 0. The molecular formula is C4H6NO2. The molecule has 3 nitrogen and oxygen atoms in total. The molecule has 0 aromatic carbocycles. The smallest absolute Gasteiger partial charge is 0.289 e. The van der Waals surface area contributed by atoms with E-state index in [1.165, 1.54) is 0 Å². The molecule has 0 fully saturated rings. The van der Waals surface area contributed by atoms with Crippen LogP contribution in [0.3, 0.4) is 0 Å². The first kappa shape index (κ1) is 6.14. The summed E-state index contributed by atoms with van der Waals surface area (Å²) in [6.45, 7) is 1.55. The molecule has 0 aliphatic carbocycles. The van der Waals surface area contributed by atoms with Crippen LogP contribution >= 0.6 is 0 Å². The molecule has 0 heterocycles. The summed E-state index contributed by atoms with van der Waals surface area (Å²) in [4.78, 5) is 19.7. The summed E-state index contributed by atoms with van der Waals surface area (Å²) in [6.07, 6.45) is 0.141. The molecule has 0 saturated carbocycles. The summed E-state index contributed by atoms with van der Waals surface area (Å²) in [5.41, 5.74) is 6.20. The van der Waals surface area contributed by atoms with Gasteiger partial charge >= 0.3 is 5.91 Å². The van der Waals surface area contributed by atoms with Gasteiger partial charge < -0.3 is 0 Å². The molecule has 1 radical (unpaired) electrons.